The van der Waals surface area contributed by atoms with Gasteiger partial charge < -0.3 is 10.5 Å². The van der Waals surface area contributed by atoms with Crippen molar-refractivity contribution in [3.05, 3.63) is 28.8 Å². The van der Waals surface area contributed by atoms with Crippen molar-refractivity contribution >= 4 is 0 Å². The molecule has 0 aliphatic rings. The fraction of sp³-hybridized carbons (Fsp3) is 0.625. The van der Waals surface area contributed by atoms with Crippen LogP contribution >= 0.6 is 0 Å². The van der Waals surface area contributed by atoms with E-state index in [9.17, 15) is 0 Å². The molecule has 2 nitrogen and oxygen atoms in total. The molecule has 0 fully saturated rings. The van der Waals surface area contributed by atoms with Gasteiger partial charge in [-0.1, -0.05) is 19.9 Å². The largest absolute Gasteiger partial charge is 0.493 e. The molecule has 18 heavy (non-hydrogen) atoms. The minimum atomic E-state index is 0.649. The number of ether oxygens (including phenoxy) is 1. The van der Waals surface area contributed by atoms with Crippen LogP contribution in [0.4, 0.5) is 0 Å². The number of aryl methyl sites for hydroxylation is 2. The van der Waals surface area contributed by atoms with Crippen LogP contribution in [-0.4, -0.2) is 13.2 Å². The van der Waals surface area contributed by atoms with Gasteiger partial charge in [0.15, 0.2) is 0 Å². The zero-order chi connectivity index (χ0) is 13.5. The molecule has 1 atom stereocenters. The first kappa shape index (κ1) is 15.0. The first-order chi connectivity index (χ1) is 8.58. The average Bonchev–Trinajstić information content (AvgIpc) is 2.32. The van der Waals surface area contributed by atoms with E-state index >= 15 is 0 Å². The lowest BCUT2D eigenvalue weighted by molar-refractivity contribution is 0.315. The summed E-state index contributed by atoms with van der Waals surface area (Å²) < 4.78 is 5.75. The van der Waals surface area contributed by atoms with Crippen LogP contribution in [0.3, 0.4) is 0 Å². The lowest BCUT2D eigenvalue weighted by Crippen LogP contribution is -2.09. The summed E-state index contributed by atoms with van der Waals surface area (Å²) in [6.07, 6.45) is 3.25. The quantitative estimate of drug-likeness (QED) is 0.801. The van der Waals surface area contributed by atoms with Crippen LogP contribution in [0, 0.1) is 19.8 Å². The van der Waals surface area contributed by atoms with Gasteiger partial charge in [-0.2, -0.15) is 0 Å². The molecule has 0 aliphatic carbocycles. The molecule has 1 rings (SSSR count). The minimum absolute atomic E-state index is 0.649. The SMILES string of the molecule is CCCOc1cc(C)c(CC(C)CCN)cc1C. The predicted molar refractivity (Wildman–Crippen MR) is 78.2 cm³/mol. The van der Waals surface area contributed by atoms with E-state index in [4.69, 9.17) is 10.5 Å². The van der Waals surface area contributed by atoms with E-state index in [1.54, 1.807) is 0 Å². The summed E-state index contributed by atoms with van der Waals surface area (Å²) in [6.45, 7) is 10.3. The molecule has 1 aromatic carbocycles. The molecule has 0 saturated heterocycles. The topological polar surface area (TPSA) is 35.2 Å². The van der Waals surface area contributed by atoms with Crippen molar-refractivity contribution in [2.45, 2.75) is 47.0 Å². The zero-order valence-electron chi connectivity index (χ0n) is 12.3. The summed E-state index contributed by atoms with van der Waals surface area (Å²) in [5.41, 5.74) is 9.61. The van der Waals surface area contributed by atoms with Crippen molar-refractivity contribution in [3.63, 3.8) is 0 Å². The van der Waals surface area contributed by atoms with E-state index < -0.39 is 0 Å². The number of hydrogen-bond acceptors (Lipinski definition) is 2. The number of benzene rings is 1. The van der Waals surface area contributed by atoms with Crippen molar-refractivity contribution in [3.8, 4) is 5.75 Å². The van der Waals surface area contributed by atoms with Gasteiger partial charge in [-0.05, 0) is 68.3 Å². The maximum absolute atomic E-state index is 5.75. The van der Waals surface area contributed by atoms with Gasteiger partial charge in [0, 0.05) is 0 Å². The van der Waals surface area contributed by atoms with Gasteiger partial charge in [-0.25, -0.2) is 0 Å². The molecule has 102 valence electrons. The molecule has 0 bridgehead atoms. The summed E-state index contributed by atoms with van der Waals surface area (Å²) in [5, 5.41) is 0. The van der Waals surface area contributed by atoms with E-state index in [1.807, 2.05) is 0 Å². The van der Waals surface area contributed by atoms with E-state index in [1.165, 1.54) is 16.7 Å². The molecule has 0 aliphatic heterocycles. The molecule has 2 heteroatoms. The minimum Gasteiger partial charge on any atom is -0.493 e. The number of nitrogens with two attached hydrogens (primary N) is 1. The third-order valence-corrected chi connectivity index (χ3v) is 3.32. The van der Waals surface area contributed by atoms with Gasteiger partial charge in [-0.15, -0.1) is 0 Å². The molecular formula is C16H27NO. The average molecular weight is 249 g/mol. The lowest BCUT2D eigenvalue weighted by atomic mass is 9.93. The molecule has 0 heterocycles. The Morgan fingerprint density at radius 1 is 1.22 bits per heavy atom. The Morgan fingerprint density at radius 3 is 2.56 bits per heavy atom. The van der Waals surface area contributed by atoms with Crippen molar-refractivity contribution < 1.29 is 4.74 Å². The van der Waals surface area contributed by atoms with Gasteiger partial charge in [0.05, 0.1) is 6.61 Å². The van der Waals surface area contributed by atoms with Crippen LogP contribution in [0.15, 0.2) is 12.1 Å². The molecule has 1 unspecified atom stereocenters. The second kappa shape index (κ2) is 7.42. The highest BCUT2D eigenvalue weighted by molar-refractivity contribution is 5.41. The van der Waals surface area contributed by atoms with Crippen molar-refractivity contribution in [1.29, 1.82) is 0 Å². The van der Waals surface area contributed by atoms with Crippen molar-refractivity contribution in [2.24, 2.45) is 11.7 Å². The van der Waals surface area contributed by atoms with Crippen LogP contribution in [0.25, 0.3) is 0 Å². The Hall–Kier alpha value is -1.02. The van der Waals surface area contributed by atoms with Gasteiger partial charge in [0.1, 0.15) is 5.75 Å². The van der Waals surface area contributed by atoms with Gasteiger partial charge in [0.25, 0.3) is 0 Å². The van der Waals surface area contributed by atoms with E-state index in [2.05, 4.69) is 39.8 Å². The van der Waals surface area contributed by atoms with Crippen molar-refractivity contribution in [1.82, 2.24) is 0 Å². The molecule has 2 N–H and O–H groups in total. The van der Waals surface area contributed by atoms with E-state index in [0.717, 1.165) is 38.2 Å². The third-order valence-electron chi connectivity index (χ3n) is 3.32. The maximum atomic E-state index is 5.75. The molecule has 0 aromatic heterocycles. The fourth-order valence-corrected chi connectivity index (χ4v) is 2.20. The molecule has 0 saturated carbocycles. The van der Waals surface area contributed by atoms with E-state index in [-0.39, 0.29) is 0 Å². The molecule has 0 spiro atoms. The van der Waals surface area contributed by atoms with E-state index in [0.29, 0.717) is 5.92 Å². The summed E-state index contributed by atoms with van der Waals surface area (Å²) in [5.74, 6) is 1.68. The second-order valence-corrected chi connectivity index (χ2v) is 5.28. The third kappa shape index (κ3) is 4.34. The van der Waals surface area contributed by atoms with Crippen molar-refractivity contribution in [2.75, 3.05) is 13.2 Å². The molecule has 0 radical (unpaired) electrons. The summed E-state index contributed by atoms with van der Waals surface area (Å²) >= 11 is 0. The number of rotatable bonds is 7. The van der Waals surface area contributed by atoms with Crippen LogP contribution in [0.2, 0.25) is 0 Å². The molecular weight excluding hydrogens is 222 g/mol. The van der Waals surface area contributed by atoms with Crippen LogP contribution in [0.1, 0.15) is 43.4 Å². The number of hydrogen-bond donors (Lipinski definition) is 1. The predicted octanol–water partition coefficient (Wildman–Crippen LogP) is 3.62. The highest BCUT2D eigenvalue weighted by atomic mass is 16.5. The fourth-order valence-electron chi connectivity index (χ4n) is 2.20. The highest BCUT2D eigenvalue weighted by Gasteiger charge is 2.09. The van der Waals surface area contributed by atoms with Crippen LogP contribution < -0.4 is 10.5 Å². The monoisotopic (exact) mass is 249 g/mol. The normalized spacial score (nSPS) is 12.5. The Balaban J connectivity index is 2.79. The highest BCUT2D eigenvalue weighted by Crippen LogP contribution is 2.25. The zero-order valence-corrected chi connectivity index (χ0v) is 12.3. The molecule has 1 aromatic rings. The summed E-state index contributed by atoms with van der Waals surface area (Å²) in [6, 6.07) is 4.45. The smallest absolute Gasteiger partial charge is 0.122 e. The summed E-state index contributed by atoms with van der Waals surface area (Å²) in [7, 11) is 0. The summed E-state index contributed by atoms with van der Waals surface area (Å²) in [4.78, 5) is 0. The van der Waals surface area contributed by atoms with Gasteiger partial charge in [-0.3, -0.25) is 0 Å². The lowest BCUT2D eigenvalue weighted by Gasteiger charge is -2.16. The Kier molecular flexibility index (Phi) is 6.20. The van der Waals surface area contributed by atoms with Crippen LogP contribution in [-0.2, 0) is 6.42 Å². The first-order valence-corrected chi connectivity index (χ1v) is 7.01. The van der Waals surface area contributed by atoms with Gasteiger partial charge >= 0.3 is 0 Å². The van der Waals surface area contributed by atoms with Gasteiger partial charge in [0.2, 0.25) is 0 Å². The second-order valence-electron chi connectivity index (χ2n) is 5.28. The standard InChI is InChI=1S/C16H27NO/c1-5-8-18-16-11-13(3)15(10-14(16)4)9-12(2)6-7-17/h10-12H,5-9,17H2,1-4H3. The molecule has 0 amide bonds. The first-order valence-electron chi connectivity index (χ1n) is 7.01. The Bertz CT molecular complexity index is 374. The maximum Gasteiger partial charge on any atom is 0.122 e. The van der Waals surface area contributed by atoms with Crippen LogP contribution in [0.5, 0.6) is 5.75 Å². The Labute approximate surface area is 112 Å². The Morgan fingerprint density at radius 2 is 1.94 bits per heavy atom.